The summed E-state index contributed by atoms with van der Waals surface area (Å²) in [7, 11) is 0. The number of amides is 3. The average Bonchev–Trinajstić information content (AvgIpc) is 3.44. The summed E-state index contributed by atoms with van der Waals surface area (Å²) in [6.07, 6.45) is 5.85. The number of aromatic nitrogens is 2. The number of fused-ring (bicyclic) bond motifs is 1. The van der Waals surface area contributed by atoms with Gasteiger partial charge in [-0.05, 0) is 41.7 Å². The van der Waals surface area contributed by atoms with E-state index in [9.17, 15) is 14.4 Å². The molecule has 3 heterocycles. The van der Waals surface area contributed by atoms with E-state index >= 15 is 0 Å². The van der Waals surface area contributed by atoms with Crippen molar-refractivity contribution in [2.45, 2.75) is 52.0 Å². The van der Waals surface area contributed by atoms with E-state index in [1.807, 2.05) is 18.2 Å². The van der Waals surface area contributed by atoms with E-state index in [4.69, 9.17) is 9.72 Å². The Labute approximate surface area is 263 Å². The van der Waals surface area contributed by atoms with Crippen molar-refractivity contribution < 1.29 is 19.1 Å². The summed E-state index contributed by atoms with van der Waals surface area (Å²) >= 11 is 1.54. The van der Waals surface area contributed by atoms with E-state index < -0.39 is 12.0 Å². The average molecular weight is 619 g/mol. The summed E-state index contributed by atoms with van der Waals surface area (Å²) in [6, 6.07) is 9.55. The molecular weight excluding hydrogens is 576 g/mol. The molecule has 0 saturated carbocycles. The molecule has 10 nitrogen and oxygen atoms in total. The molecule has 44 heavy (non-hydrogen) atoms. The molecule has 0 aliphatic carbocycles. The monoisotopic (exact) mass is 618 g/mol. The smallest absolute Gasteiger partial charge is 0.247 e. The molecule has 2 atom stereocenters. The molecule has 1 aromatic carbocycles. The zero-order valence-corrected chi connectivity index (χ0v) is 26.6. The van der Waals surface area contributed by atoms with E-state index in [1.165, 1.54) is 11.8 Å². The molecule has 1 unspecified atom stereocenters. The topological polar surface area (TPSA) is 126 Å². The number of ether oxygens (including phenoxy) is 1. The van der Waals surface area contributed by atoms with Gasteiger partial charge in [0.2, 0.25) is 17.7 Å². The van der Waals surface area contributed by atoms with Crippen molar-refractivity contribution >= 4 is 45.5 Å². The standard InChI is InChI=1S/C33H42N6O4S/c1-5-30(40)35-19-26(17-31-38-28-9-8-25(22(2)3)16-29(28)44-31)33(42)37-27(15-24-7-6-10-34-18-24)20-36-32(41)23(4)21-39-11-13-43-14-12-39/h6-10,16,18-19,22,26-27H,4-5,11-15,17,20-21H2,1-3H3,(H,36,41)(H,37,42)/t26?,27-/m0/s1. The molecule has 0 bridgehead atoms. The van der Waals surface area contributed by atoms with Crippen molar-refractivity contribution in [2.75, 3.05) is 39.4 Å². The number of benzene rings is 1. The van der Waals surface area contributed by atoms with Crippen LogP contribution in [0.5, 0.6) is 0 Å². The second-order valence-corrected chi connectivity index (χ2v) is 12.4. The number of pyridine rings is 1. The van der Waals surface area contributed by atoms with E-state index in [-0.39, 0.29) is 30.7 Å². The molecule has 2 N–H and O–H groups in total. The van der Waals surface area contributed by atoms with Crippen LogP contribution in [0.1, 0.15) is 49.2 Å². The zero-order valence-electron chi connectivity index (χ0n) is 25.8. The van der Waals surface area contributed by atoms with Gasteiger partial charge in [-0.1, -0.05) is 39.5 Å². The van der Waals surface area contributed by atoms with Crippen LogP contribution in [0.25, 0.3) is 10.2 Å². The molecule has 3 aromatic rings. The molecule has 1 aliphatic heterocycles. The van der Waals surface area contributed by atoms with Crippen molar-refractivity contribution in [1.82, 2.24) is 25.5 Å². The minimum atomic E-state index is -0.723. The molecular formula is C33H42N6O4S. The zero-order chi connectivity index (χ0) is 31.5. The molecule has 2 aromatic heterocycles. The predicted molar refractivity (Wildman–Crippen MR) is 174 cm³/mol. The largest absolute Gasteiger partial charge is 0.379 e. The summed E-state index contributed by atoms with van der Waals surface area (Å²) in [4.78, 5) is 53.9. The molecule has 11 heteroatoms. The van der Waals surface area contributed by atoms with Crippen molar-refractivity contribution in [3.63, 3.8) is 0 Å². The normalized spacial score (nSPS) is 15.4. The number of morpholine rings is 1. The van der Waals surface area contributed by atoms with Gasteiger partial charge >= 0.3 is 0 Å². The first kappa shape index (κ1) is 33.1. The summed E-state index contributed by atoms with van der Waals surface area (Å²) in [5.41, 5.74) is 3.48. The third-order valence-corrected chi connectivity index (χ3v) is 8.50. The van der Waals surface area contributed by atoms with E-state index in [0.717, 1.165) is 33.9 Å². The number of nitrogens with zero attached hydrogens (tertiary/aromatic N) is 4. The number of rotatable bonds is 14. The van der Waals surface area contributed by atoms with Crippen molar-refractivity contribution in [3.8, 4) is 0 Å². The Morgan fingerprint density at radius 3 is 2.68 bits per heavy atom. The number of hydrogen-bond acceptors (Lipinski definition) is 8. The highest BCUT2D eigenvalue weighted by Crippen LogP contribution is 2.27. The second kappa shape index (κ2) is 16.3. The van der Waals surface area contributed by atoms with Crippen LogP contribution in [0.3, 0.4) is 0 Å². The number of thiazole rings is 1. The lowest BCUT2D eigenvalue weighted by atomic mass is 10.0. The van der Waals surface area contributed by atoms with Gasteiger partial charge < -0.3 is 15.4 Å². The first-order valence-electron chi connectivity index (χ1n) is 15.1. The molecule has 0 spiro atoms. The van der Waals surface area contributed by atoms with Crippen molar-refractivity contribution in [3.05, 3.63) is 71.0 Å². The summed E-state index contributed by atoms with van der Waals surface area (Å²) in [5, 5.41) is 6.83. The van der Waals surface area contributed by atoms with Gasteiger partial charge in [0.15, 0.2) is 0 Å². The fourth-order valence-electron chi connectivity index (χ4n) is 4.83. The second-order valence-electron chi connectivity index (χ2n) is 11.3. The Bertz CT molecular complexity index is 1470. The van der Waals surface area contributed by atoms with E-state index in [2.05, 4.69) is 58.1 Å². The van der Waals surface area contributed by atoms with Gasteiger partial charge in [-0.25, -0.2) is 9.98 Å². The summed E-state index contributed by atoms with van der Waals surface area (Å²) < 4.78 is 6.44. The maximum atomic E-state index is 13.7. The van der Waals surface area contributed by atoms with Crippen LogP contribution < -0.4 is 10.6 Å². The summed E-state index contributed by atoms with van der Waals surface area (Å²) in [5.74, 6) is -1.19. The Balaban J connectivity index is 1.48. The lowest BCUT2D eigenvalue weighted by Gasteiger charge is -2.27. The fourth-order valence-corrected chi connectivity index (χ4v) is 5.90. The van der Waals surface area contributed by atoms with Gasteiger partial charge in [-0.2, -0.15) is 0 Å². The fraction of sp³-hybridized carbons (Fsp3) is 0.455. The van der Waals surface area contributed by atoms with Crippen LogP contribution in [-0.4, -0.2) is 84.2 Å². The minimum absolute atomic E-state index is 0.193. The Hall–Kier alpha value is -3.80. The molecule has 1 saturated heterocycles. The Morgan fingerprint density at radius 1 is 1.18 bits per heavy atom. The lowest BCUT2D eigenvalue weighted by molar-refractivity contribution is -0.124. The number of carbonyl (C=O) groups is 3. The number of hydrogen-bond donors (Lipinski definition) is 2. The highest BCUT2D eigenvalue weighted by Gasteiger charge is 2.24. The van der Waals surface area contributed by atoms with Crippen LogP contribution in [0.2, 0.25) is 0 Å². The number of aliphatic imine (C=N–C) groups is 1. The van der Waals surface area contributed by atoms with Crippen molar-refractivity contribution in [2.24, 2.45) is 10.9 Å². The maximum Gasteiger partial charge on any atom is 0.247 e. The first-order valence-corrected chi connectivity index (χ1v) is 15.9. The van der Waals surface area contributed by atoms with Gasteiger partial charge in [-0.3, -0.25) is 24.3 Å². The summed E-state index contributed by atoms with van der Waals surface area (Å²) in [6.45, 7) is 13.4. The van der Waals surface area contributed by atoms with Gasteiger partial charge in [0.1, 0.15) is 0 Å². The third-order valence-electron chi connectivity index (χ3n) is 7.46. The lowest BCUT2D eigenvalue weighted by Crippen LogP contribution is -2.48. The highest BCUT2D eigenvalue weighted by atomic mass is 32.1. The molecule has 1 aliphatic rings. The van der Waals surface area contributed by atoms with Gasteiger partial charge in [0, 0.05) is 63.2 Å². The van der Waals surface area contributed by atoms with E-state index in [1.54, 1.807) is 30.7 Å². The SMILES string of the molecule is C=C(CN1CCOCC1)C(=O)NC[C@H](Cc1cccnc1)NC(=O)C(C=NC(=O)CC)Cc1nc2ccc(C(C)C)cc2s1. The predicted octanol–water partition coefficient (Wildman–Crippen LogP) is 3.71. The molecule has 4 rings (SSSR count). The number of carbonyl (C=O) groups excluding carboxylic acids is 3. The Morgan fingerprint density at radius 2 is 1.98 bits per heavy atom. The minimum Gasteiger partial charge on any atom is -0.379 e. The maximum absolute atomic E-state index is 13.7. The quantitative estimate of drug-likeness (QED) is 0.208. The van der Waals surface area contributed by atoms with Crippen LogP contribution in [0.15, 0.2) is 59.9 Å². The van der Waals surface area contributed by atoms with Crippen LogP contribution in [0.4, 0.5) is 0 Å². The molecule has 234 valence electrons. The van der Waals surface area contributed by atoms with E-state index in [0.29, 0.717) is 44.1 Å². The first-order chi connectivity index (χ1) is 21.2. The van der Waals surface area contributed by atoms with Crippen LogP contribution in [-0.2, 0) is 32.0 Å². The van der Waals surface area contributed by atoms with Gasteiger partial charge in [0.25, 0.3) is 0 Å². The third kappa shape index (κ3) is 9.87. The molecule has 1 fully saturated rings. The van der Waals surface area contributed by atoms with Gasteiger partial charge in [-0.15, -0.1) is 11.3 Å². The highest BCUT2D eigenvalue weighted by molar-refractivity contribution is 7.18. The molecule has 3 amide bonds. The Kier molecular flexibility index (Phi) is 12.3. The van der Waals surface area contributed by atoms with Gasteiger partial charge in [0.05, 0.1) is 40.4 Å². The molecule has 0 radical (unpaired) electrons. The van der Waals surface area contributed by atoms with Crippen LogP contribution >= 0.6 is 11.3 Å². The van der Waals surface area contributed by atoms with Crippen molar-refractivity contribution in [1.29, 1.82) is 0 Å². The van der Waals surface area contributed by atoms with Crippen LogP contribution in [0, 0.1) is 5.92 Å². The number of nitrogens with one attached hydrogen (secondary N) is 2.